The highest BCUT2D eigenvalue weighted by atomic mass is 35.5. The van der Waals surface area contributed by atoms with E-state index in [9.17, 15) is 5.11 Å². The molecule has 0 amide bonds. The Kier molecular flexibility index (Phi) is 5.55. The van der Waals surface area contributed by atoms with Gasteiger partial charge in [-0.15, -0.1) is 0 Å². The Hall–Kier alpha value is -3.57. The van der Waals surface area contributed by atoms with Crippen LogP contribution in [0.3, 0.4) is 0 Å². The van der Waals surface area contributed by atoms with Crippen molar-refractivity contribution in [2.75, 3.05) is 5.73 Å². The summed E-state index contributed by atoms with van der Waals surface area (Å²) in [6, 6.07) is 22.4. The van der Waals surface area contributed by atoms with Gasteiger partial charge in [0.05, 0.1) is 11.4 Å². The summed E-state index contributed by atoms with van der Waals surface area (Å²) in [7, 11) is 0. The fourth-order valence-electron chi connectivity index (χ4n) is 3.33. The number of aromatic hydroxyl groups is 1. The lowest BCUT2D eigenvalue weighted by Crippen LogP contribution is -2.02. The Labute approximate surface area is 179 Å². The number of aryl methyl sites for hydroxylation is 1. The van der Waals surface area contributed by atoms with Crippen LogP contribution in [0.25, 0.3) is 22.4 Å². The number of ether oxygens (including phenoxy) is 1. The van der Waals surface area contributed by atoms with Gasteiger partial charge in [-0.3, -0.25) is 0 Å². The van der Waals surface area contributed by atoms with E-state index < -0.39 is 0 Å². The molecule has 0 spiro atoms. The first-order valence-electron chi connectivity index (χ1n) is 9.41. The van der Waals surface area contributed by atoms with Gasteiger partial charge in [-0.2, -0.15) is 0 Å². The molecule has 1 aromatic heterocycles. The van der Waals surface area contributed by atoms with E-state index >= 15 is 0 Å². The maximum atomic E-state index is 10.7. The van der Waals surface area contributed by atoms with Crippen molar-refractivity contribution in [1.29, 1.82) is 0 Å². The van der Waals surface area contributed by atoms with Crippen molar-refractivity contribution < 1.29 is 9.84 Å². The van der Waals surface area contributed by atoms with Crippen LogP contribution in [0.15, 0.2) is 72.8 Å². The highest BCUT2D eigenvalue weighted by Crippen LogP contribution is 2.38. The van der Waals surface area contributed by atoms with Crippen molar-refractivity contribution in [2.45, 2.75) is 13.5 Å². The molecule has 0 saturated carbocycles. The van der Waals surface area contributed by atoms with Gasteiger partial charge in [0.15, 0.2) is 0 Å². The highest BCUT2D eigenvalue weighted by molar-refractivity contribution is 6.30. The van der Waals surface area contributed by atoms with Crippen molar-refractivity contribution >= 4 is 17.5 Å². The summed E-state index contributed by atoms with van der Waals surface area (Å²) in [6.07, 6.45) is 0. The number of nitrogens with two attached hydrogens (primary N) is 1. The first-order valence-corrected chi connectivity index (χ1v) is 9.79. The third-order valence-electron chi connectivity index (χ3n) is 4.69. The van der Waals surface area contributed by atoms with Crippen LogP contribution < -0.4 is 10.5 Å². The van der Waals surface area contributed by atoms with E-state index in [0.29, 0.717) is 28.6 Å². The molecule has 30 heavy (non-hydrogen) atoms. The van der Waals surface area contributed by atoms with Crippen molar-refractivity contribution in [3.63, 3.8) is 0 Å². The lowest BCUT2D eigenvalue weighted by atomic mass is 9.97. The molecule has 0 bridgehead atoms. The molecule has 0 saturated heterocycles. The van der Waals surface area contributed by atoms with Crippen LogP contribution in [-0.2, 0) is 6.61 Å². The van der Waals surface area contributed by atoms with Crippen LogP contribution in [0.5, 0.6) is 11.5 Å². The molecule has 3 N–H and O–H groups in total. The number of anilines is 1. The average Bonchev–Trinajstić information content (AvgIpc) is 2.72. The Balaban J connectivity index is 1.68. The van der Waals surface area contributed by atoms with Crippen molar-refractivity contribution in [3.05, 3.63) is 89.1 Å². The second kappa shape index (κ2) is 8.43. The van der Waals surface area contributed by atoms with Gasteiger partial charge in [-0.1, -0.05) is 54.1 Å². The normalized spacial score (nSPS) is 10.7. The number of halogens is 1. The third-order valence-corrected chi connectivity index (χ3v) is 4.92. The number of phenols is 1. The van der Waals surface area contributed by atoms with Crippen LogP contribution >= 0.6 is 11.6 Å². The van der Waals surface area contributed by atoms with Crippen LogP contribution in [0.4, 0.5) is 5.95 Å². The SMILES string of the molecule is Cc1nc(N)nc(-c2ccc(OCc3cccc(Cl)c3)cc2O)c1-c1ccccc1. The minimum atomic E-state index is 0.0493. The van der Waals surface area contributed by atoms with Crippen molar-refractivity contribution in [3.8, 4) is 33.9 Å². The van der Waals surface area contributed by atoms with Crippen molar-refractivity contribution in [2.24, 2.45) is 0 Å². The lowest BCUT2D eigenvalue weighted by Gasteiger charge is -2.15. The van der Waals surface area contributed by atoms with Crippen LogP contribution in [0, 0.1) is 6.92 Å². The Morgan fingerprint density at radius 2 is 1.77 bits per heavy atom. The van der Waals surface area contributed by atoms with Gasteiger partial charge in [-0.05, 0) is 42.3 Å². The number of nitrogen functional groups attached to an aromatic ring is 1. The van der Waals surface area contributed by atoms with E-state index in [1.54, 1.807) is 18.2 Å². The predicted octanol–water partition coefficient (Wildman–Crippen LogP) is 5.64. The molecule has 0 unspecified atom stereocenters. The first kappa shape index (κ1) is 19.7. The molecular weight excluding hydrogens is 398 g/mol. The summed E-state index contributed by atoms with van der Waals surface area (Å²) in [5.74, 6) is 0.743. The van der Waals surface area contributed by atoms with Gasteiger partial charge in [0.1, 0.15) is 18.1 Å². The summed E-state index contributed by atoms with van der Waals surface area (Å²) in [5.41, 5.74) is 10.5. The molecule has 1 heterocycles. The molecular formula is C24H20ClN3O2. The smallest absolute Gasteiger partial charge is 0.220 e. The summed E-state index contributed by atoms with van der Waals surface area (Å²) >= 11 is 6.01. The molecule has 0 atom stereocenters. The second-order valence-electron chi connectivity index (χ2n) is 6.85. The van der Waals surface area contributed by atoms with E-state index in [-0.39, 0.29) is 11.7 Å². The zero-order valence-corrected chi connectivity index (χ0v) is 17.1. The summed E-state index contributed by atoms with van der Waals surface area (Å²) in [4.78, 5) is 8.73. The maximum absolute atomic E-state index is 10.7. The monoisotopic (exact) mass is 417 g/mol. The number of hydrogen-bond donors (Lipinski definition) is 2. The number of nitrogens with zero attached hydrogens (tertiary/aromatic N) is 2. The molecule has 6 heteroatoms. The molecule has 5 nitrogen and oxygen atoms in total. The van der Waals surface area contributed by atoms with Crippen molar-refractivity contribution in [1.82, 2.24) is 9.97 Å². The first-order chi connectivity index (χ1) is 14.5. The van der Waals surface area contributed by atoms with E-state index in [2.05, 4.69) is 9.97 Å². The third kappa shape index (κ3) is 4.21. The van der Waals surface area contributed by atoms with Gasteiger partial charge in [0, 0.05) is 22.2 Å². The zero-order chi connectivity index (χ0) is 21.1. The number of benzene rings is 3. The molecule has 0 radical (unpaired) electrons. The highest BCUT2D eigenvalue weighted by Gasteiger charge is 2.17. The fraction of sp³-hybridized carbons (Fsp3) is 0.0833. The largest absolute Gasteiger partial charge is 0.507 e. The standard InChI is InChI=1S/C24H20ClN3O2/c1-15-22(17-7-3-2-4-8-17)23(28-24(26)27-15)20-11-10-19(13-21(20)29)30-14-16-6-5-9-18(25)12-16/h2-13,29H,14H2,1H3,(H2,26,27,28). The Morgan fingerprint density at radius 1 is 0.967 bits per heavy atom. The number of phenolic OH excluding ortho intramolecular Hbond substituents is 1. The Morgan fingerprint density at radius 3 is 2.50 bits per heavy atom. The molecule has 0 aliphatic carbocycles. The second-order valence-corrected chi connectivity index (χ2v) is 7.29. The number of aromatic nitrogens is 2. The van der Waals surface area contributed by atoms with E-state index in [1.165, 1.54) is 0 Å². The minimum Gasteiger partial charge on any atom is -0.507 e. The molecule has 0 fully saturated rings. The summed E-state index contributed by atoms with van der Waals surface area (Å²) < 4.78 is 5.80. The van der Waals surface area contributed by atoms with E-state index in [4.69, 9.17) is 22.1 Å². The van der Waals surface area contributed by atoms with Crippen LogP contribution in [-0.4, -0.2) is 15.1 Å². The number of rotatable bonds is 5. The molecule has 0 aliphatic heterocycles. The molecule has 4 rings (SSSR count). The van der Waals surface area contributed by atoms with E-state index in [1.807, 2.05) is 61.5 Å². The molecule has 0 aliphatic rings. The van der Waals surface area contributed by atoms with Gasteiger partial charge >= 0.3 is 0 Å². The molecule has 4 aromatic rings. The molecule has 150 valence electrons. The number of hydrogen-bond acceptors (Lipinski definition) is 5. The fourth-order valence-corrected chi connectivity index (χ4v) is 3.55. The van der Waals surface area contributed by atoms with E-state index in [0.717, 1.165) is 22.4 Å². The maximum Gasteiger partial charge on any atom is 0.220 e. The van der Waals surface area contributed by atoms with Gasteiger partial charge in [0.2, 0.25) is 5.95 Å². The summed E-state index contributed by atoms with van der Waals surface area (Å²) in [5, 5.41) is 11.4. The lowest BCUT2D eigenvalue weighted by molar-refractivity contribution is 0.304. The van der Waals surface area contributed by atoms with Gasteiger partial charge in [-0.25, -0.2) is 9.97 Å². The summed E-state index contributed by atoms with van der Waals surface area (Å²) in [6.45, 7) is 2.22. The molecule has 3 aromatic carbocycles. The van der Waals surface area contributed by atoms with Gasteiger partial charge in [0.25, 0.3) is 0 Å². The average molecular weight is 418 g/mol. The van der Waals surface area contributed by atoms with Crippen LogP contribution in [0.2, 0.25) is 5.02 Å². The Bertz CT molecular complexity index is 1200. The quantitative estimate of drug-likeness (QED) is 0.439. The zero-order valence-electron chi connectivity index (χ0n) is 16.3. The van der Waals surface area contributed by atoms with Crippen LogP contribution in [0.1, 0.15) is 11.3 Å². The van der Waals surface area contributed by atoms with Gasteiger partial charge < -0.3 is 15.6 Å². The minimum absolute atomic E-state index is 0.0493. The topological polar surface area (TPSA) is 81.3 Å². The predicted molar refractivity (Wildman–Crippen MR) is 120 cm³/mol.